The zero-order chi connectivity index (χ0) is 24.0. The number of methoxy groups -OCH3 is 5. The molecule has 0 amide bonds. The third-order valence-corrected chi connectivity index (χ3v) is 5.99. The van der Waals surface area contributed by atoms with E-state index in [1.165, 1.54) is 0 Å². The summed E-state index contributed by atoms with van der Waals surface area (Å²) in [5.41, 5.74) is 3.96. The van der Waals surface area contributed by atoms with Gasteiger partial charge in [0.2, 0.25) is 0 Å². The van der Waals surface area contributed by atoms with Crippen LogP contribution in [0.5, 0.6) is 28.7 Å². The summed E-state index contributed by atoms with van der Waals surface area (Å²) in [7, 11) is 8.09. The van der Waals surface area contributed by atoms with Crippen molar-refractivity contribution in [2.45, 2.75) is 18.8 Å². The average Bonchev–Trinajstić information content (AvgIpc) is 2.86. The number of ether oxygens (including phenoxy) is 5. The summed E-state index contributed by atoms with van der Waals surface area (Å²) in [4.78, 5) is 0. The lowest BCUT2D eigenvalue weighted by molar-refractivity contribution is 0.254. The molecule has 0 spiro atoms. The lowest BCUT2D eigenvalue weighted by atomic mass is 9.77. The Morgan fingerprint density at radius 2 is 1.00 bits per heavy atom. The smallest absolute Gasteiger partial charge is 0.161 e. The lowest BCUT2D eigenvalue weighted by Crippen LogP contribution is -2.17. The summed E-state index contributed by atoms with van der Waals surface area (Å²) in [6.45, 7) is 1.93. The summed E-state index contributed by atoms with van der Waals surface area (Å²) < 4.78 is 27.5. The van der Waals surface area contributed by atoms with Crippen LogP contribution in [0.4, 0.5) is 0 Å². The molecule has 2 atom stereocenters. The van der Waals surface area contributed by atoms with Gasteiger partial charge in [-0.2, -0.15) is 0 Å². The van der Waals surface area contributed by atoms with Crippen LogP contribution in [0.25, 0.3) is 0 Å². The van der Waals surface area contributed by atoms with Crippen molar-refractivity contribution in [3.63, 3.8) is 0 Å². The van der Waals surface area contributed by atoms with Crippen molar-refractivity contribution < 1.29 is 28.8 Å². The minimum Gasteiger partial charge on any atom is -0.496 e. The Balaban J connectivity index is 2.21. The van der Waals surface area contributed by atoms with Crippen LogP contribution in [-0.2, 0) is 0 Å². The number of rotatable bonds is 10. The zero-order valence-corrected chi connectivity index (χ0v) is 20.0. The molecular formula is C27H32O6. The average molecular weight is 453 g/mol. The molecular weight excluding hydrogens is 420 g/mol. The van der Waals surface area contributed by atoms with Crippen molar-refractivity contribution in [3.05, 3.63) is 76.9 Å². The second kappa shape index (κ2) is 11.0. The van der Waals surface area contributed by atoms with Gasteiger partial charge in [-0.15, -0.1) is 0 Å². The van der Waals surface area contributed by atoms with Crippen LogP contribution >= 0.6 is 0 Å². The van der Waals surface area contributed by atoms with Gasteiger partial charge in [-0.3, -0.25) is 0 Å². The Labute approximate surface area is 195 Å². The highest BCUT2D eigenvalue weighted by Gasteiger charge is 2.28. The first-order valence-corrected chi connectivity index (χ1v) is 10.7. The summed E-state index contributed by atoms with van der Waals surface area (Å²) in [6, 6.07) is 17.7. The molecule has 0 saturated heterocycles. The van der Waals surface area contributed by atoms with Gasteiger partial charge in [-0.25, -0.2) is 0 Å². The van der Waals surface area contributed by atoms with Gasteiger partial charge in [0.1, 0.15) is 5.75 Å². The van der Waals surface area contributed by atoms with Gasteiger partial charge in [-0.1, -0.05) is 24.3 Å². The normalized spacial score (nSPS) is 12.6. The highest BCUT2D eigenvalue weighted by Crippen LogP contribution is 2.44. The molecule has 0 aliphatic rings. The molecule has 0 aliphatic carbocycles. The van der Waals surface area contributed by atoms with E-state index in [0.717, 1.165) is 28.0 Å². The molecule has 0 saturated carbocycles. The van der Waals surface area contributed by atoms with Crippen molar-refractivity contribution in [2.75, 3.05) is 42.2 Å². The molecule has 6 heteroatoms. The first-order chi connectivity index (χ1) is 16.0. The van der Waals surface area contributed by atoms with Crippen LogP contribution in [0.15, 0.2) is 54.6 Å². The van der Waals surface area contributed by atoms with E-state index >= 15 is 0 Å². The van der Waals surface area contributed by atoms with Crippen LogP contribution in [-0.4, -0.2) is 47.3 Å². The van der Waals surface area contributed by atoms with Crippen molar-refractivity contribution >= 4 is 0 Å². The molecule has 0 heterocycles. The molecule has 0 bridgehead atoms. The number of hydrogen-bond acceptors (Lipinski definition) is 6. The van der Waals surface area contributed by atoms with E-state index in [0.29, 0.717) is 23.0 Å². The summed E-state index contributed by atoms with van der Waals surface area (Å²) in [6.07, 6.45) is 0. The Kier molecular flexibility index (Phi) is 8.06. The number of aryl methyl sites for hydroxylation is 1. The molecule has 0 fully saturated rings. The second-order valence-corrected chi connectivity index (χ2v) is 7.72. The lowest BCUT2D eigenvalue weighted by Gasteiger charge is -2.29. The fraction of sp³-hybridized carbons (Fsp3) is 0.333. The third kappa shape index (κ3) is 5.01. The molecule has 2 unspecified atom stereocenters. The van der Waals surface area contributed by atoms with Gasteiger partial charge in [-0.05, 0) is 59.5 Å². The maximum Gasteiger partial charge on any atom is 0.161 e. The van der Waals surface area contributed by atoms with E-state index in [1.807, 2.05) is 55.5 Å². The van der Waals surface area contributed by atoms with Crippen LogP contribution in [0.1, 0.15) is 34.1 Å². The SMILES string of the molecule is COc1cc(C(c2ccc(OC)c(OC)c2)C(CO)c2ccc(OC)c(OC)c2)ccc1C. The van der Waals surface area contributed by atoms with Crippen LogP contribution in [0, 0.1) is 6.92 Å². The summed E-state index contributed by atoms with van der Waals surface area (Å²) in [5, 5.41) is 10.6. The second-order valence-electron chi connectivity index (χ2n) is 7.72. The number of hydrogen-bond donors (Lipinski definition) is 1. The quantitative estimate of drug-likeness (QED) is 0.470. The van der Waals surface area contributed by atoms with Gasteiger partial charge < -0.3 is 28.8 Å². The molecule has 0 aliphatic heterocycles. The minimum atomic E-state index is -0.268. The zero-order valence-electron chi connectivity index (χ0n) is 20.0. The number of aliphatic hydroxyl groups is 1. The van der Waals surface area contributed by atoms with Crippen molar-refractivity contribution in [1.82, 2.24) is 0 Å². The molecule has 33 heavy (non-hydrogen) atoms. The van der Waals surface area contributed by atoms with Crippen LogP contribution in [0.2, 0.25) is 0 Å². The van der Waals surface area contributed by atoms with E-state index in [9.17, 15) is 5.11 Å². The number of benzene rings is 3. The molecule has 0 aromatic heterocycles. The monoisotopic (exact) mass is 452 g/mol. The topological polar surface area (TPSA) is 66.4 Å². The fourth-order valence-electron chi connectivity index (χ4n) is 4.22. The van der Waals surface area contributed by atoms with Gasteiger partial charge >= 0.3 is 0 Å². The van der Waals surface area contributed by atoms with E-state index in [4.69, 9.17) is 23.7 Å². The van der Waals surface area contributed by atoms with Crippen molar-refractivity contribution in [2.24, 2.45) is 0 Å². The fourth-order valence-corrected chi connectivity index (χ4v) is 4.22. The third-order valence-electron chi connectivity index (χ3n) is 5.99. The van der Waals surface area contributed by atoms with Gasteiger partial charge in [0.05, 0.1) is 42.2 Å². The maximum atomic E-state index is 10.6. The Morgan fingerprint density at radius 1 is 0.576 bits per heavy atom. The summed E-state index contributed by atoms with van der Waals surface area (Å²) >= 11 is 0. The van der Waals surface area contributed by atoms with Crippen LogP contribution < -0.4 is 23.7 Å². The standard InChI is InChI=1S/C27H32O6/c1-17-7-8-19(14-24(17)31-4)27(20-10-12-23(30-3)26(15-20)33-6)21(16-28)18-9-11-22(29-2)25(13-18)32-5/h7-15,21,27-28H,16H2,1-6H3. The highest BCUT2D eigenvalue weighted by molar-refractivity contribution is 5.51. The predicted octanol–water partition coefficient (Wildman–Crippen LogP) is 4.95. The van der Waals surface area contributed by atoms with E-state index in [2.05, 4.69) is 6.07 Å². The minimum absolute atomic E-state index is 0.0787. The van der Waals surface area contributed by atoms with Gasteiger partial charge in [0, 0.05) is 11.8 Å². The Hall–Kier alpha value is -3.38. The van der Waals surface area contributed by atoms with Crippen molar-refractivity contribution in [3.8, 4) is 28.7 Å². The predicted molar refractivity (Wildman–Crippen MR) is 128 cm³/mol. The molecule has 1 N–H and O–H groups in total. The highest BCUT2D eigenvalue weighted by atomic mass is 16.5. The van der Waals surface area contributed by atoms with Gasteiger partial charge in [0.15, 0.2) is 23.0 Å². The Bertz CT molecular complexity index is 1080. The Morgan fingerprint density at radius 3 is 1.48 bits per heavy atom. The number of aliphatic hydroxyl groups excluding tert-OH is 1. The van der Waals surface area contributed by atoms with E-state index in [1.54, 1.807) is 35.5 Å². The molecule has 0 radical (unpaired) electrons. The first-order valence-electron chi connectivity index (χ1n) is 10.7. The van der Waals surface area contributed by atoms with Crippen molar-refractivity contribution in [1.29, 1.82) is 0 Å². The molecule has 3 rings (SSSR count). The largest absolute Gasteiger partial charge is 0.496 e. The van der Waals surface area contributed by atoms with Crippen LogP contribution in [0.3, 0.4) is 0 Å². The first kappa shape index (κ1) is 24.3. The summed E-state index contributed by atoms with van der Waals surface area (Å²) in [5.74, 6) is 2.86. The molecule has 6 nitrogen and oxygen atoms in total. The van der Waals surface area contributed by atoms with E-state index < -0.39 is 0 Å². The molecule has 3 aromatic rings. The van der Waals surface area contributed by atoms with Gasteiger partial charge in [0.25, 0.3) is 0 Å². The maximum absolute atomic E-state index is 10.6. The van der Waals surface area contributed by atoms with E-state index in [-0.39, 0.29) is 18.4 Å². The molecule has 176 valence electrons. The molecule has 3 aromatic carbocycles.